The van der Waals surface area contributed by atoms with Gasteiger partial charge in [0, 0.05) is 26.2 Å². The van der Waals surface area contributed by atoms with E-state index < -0.39 is 0 Å². The third-order valence-electron chi connectivity index (χ3n) is 2.63. The maximum atomic E-state index is 5.52. The molecule has 0 amide bonds. The smallest absolute Gasteiger partial charge is 0.208 e. The van der Waals surface area contributed by atoms with Crippen LogP contribution in [0, 0.1) is 0 Å². The van der Waals surface area contributed by atoms with Gasteiger partial charge in [0.15, 0.2) is 0 Å². The van der Waals surface area contributed by atoms with Gasteiger partial charge in [-0.05, 0) is 19.8 Å². The van der Waals surface area contributed by atoms with Gasteiger partial charge in [0.1, 0.15) is 0 Å². The Kier molecular flexibility index (Phi) is 8.94. The molecule has 0 heterocycles. The van der Waals surface area contributed by atoms with Crippen LogP contribution in [0.2, 0.25) is 0 Å². The molecule has 0 rings (SSSR count). The number of ether oxygens (including phenoxy) is 1. The summed E-state index contributed by atoms with van der Waals surface area (Å²) in [5, 5.41) is 0. The average Bonchev–Trinajstić information content (AvgIpc) is 2.32. The summed E-state index contributed by atoms with van der Waals surface area (Å²) in [6, 6.07) is 0.455. The molecule has 0 fully saturated rings. The van der Waals surface area contributed by atoms with E-state index in [-0.39, 0.29) is 0 Å². The van der Waals surface area contributed by atoms with Crippen molar-refractivity contribution in [3.8, 4) is 0 Å². The lowest BCUT2D eigenvalue weighted by molar-refractivity contribution is 0.156. The van der Waals surface area contributed by atoms with Gasteiger partial charge in [-0.25, -0.2) is 5.84 Å². The lowest BCUT2D eigenvalue weighted by Crippen LogP contribution is -2.50. The second-order valence-corrected chi connectivity index (χ2v) is 3.60. The van der Waals surface area contributed by atoms with Crippen molar-refractivity contribution in [3.05, 3.63) is 0 Å². The monoisotopic (exact) mass is 230 g/mol. The molecule has 96 valence electrons. The van der Waals surface area contributed by atoms with Crippen molar-refractivity contribution >= 4 is 5.96 Å². The molecule has 0 aromatic heterocycles. The Morgan fingerprint density at radius 2 is 2.00 bits per heavy atom. The van der Waals surface area contributed by atoms with Crippen molar-refractivity contribution < 1.29 is 4.74 Å². The van der Waals surface area contributed by atoms with Gasteiger partial charge in [0.2, 0.25) is 5.96 Å². The van der Waals surface area contributed by atoms with E-state index in [4.69, 9.17) is 10.6 Å². The van der Waals surface area contributed by atoms with E-state index in [9.17, 15) is 0 Å². The highest BCUT2D eigenvalue weighted by Crippen LogP contribution is 2.08. The van der Waals surface area contributed by atoms with Gasteiger partial charge in [0.05, 0.1) is 6.61 Å². The number of nitrogens with one attached hydrogen (secondary N) is 1. The van der Waals surface area contributed by atoms with Crippen molar-refractivity contribution in [2.24, 2.45) is 10.8 Å². The molecule has 0 bridgehead atoms. The van der Waals surface area contributed by atoms with E-state index in [1.54, 1.807) is 7.11 Å². The Labute approximate surface area is 99.0 Å². The molecule has 5 nitrogen and oxygen atoms in total. The number of methoxy groups -OCH3 is 1. The summed E-state index contributed by atoms with van der Waals surface area (Å²) in [6.45, 7) is 8.57. The van der Waals surface area contributed by atoms with Gasteiger partial charge in [-0.3, -0.25) is 10.4 Å². The van der Waals surface area contributed by atoms with Gasteiger partial charge in [-0.15, -0.1) is 0 Å². The molecule has 0 aromatic carbocycles. The number of hydrogen-bond acceptors (Lipinski definition) is 3. The molecule has 0 aliphatic heterocycles. The van der Waals surface area contributed by atoms with E-state index in [0.29, 0.717) is 12.6 Å². The molecular formula is C11H26N4O. The van der Waals surface area contributed by atoms with Crippen LogP contribution in [0.4, 0.5) is 0 Å². The van der Waals surface area contributed by atoms with Crippen molar-refractivity contribution in [3.63, 3.8) is 0 Å². The van der Waals surface area contributed by atoms with Crippen LogP contribution in [0.3, 0.4) is 0 Å². The molecule has 0 atom stereocenters. The first-order chi connectivity index (χ1) is 7.74. The Hall–Kier alpha value is -0.810. The van der Waals surface area contributed by atoms with Gasteiger partial charge in [-0.1, -0.05) is 13.8 Å². The highest BCUT2D eigenvalue weighted by Gasteiger charge is 2.18. The van der Waals surface area contributed by atoms with Crippen LogP contribution in [-0.4, -0.2) is 43.7 Å². The molecule has 0 unspecified atom stereocenters. The van der Waals surface area contributed by atoms with Crippen molar-refractivity contribution in [2.75, 3.05) is 26.8 Å². The van der Waals surface area contributed by atoms with Crippen LogP contribution < -0.4 is 11.3 Å². The van der Waals surface area contributed by atoms with E-state index in [2.05, 4.69) is 29.2 Å². The highest BCUT2D eigenvalue weighted by atomic mass is 16.5. The predicted octanol–water partition coefficient (Wildman–Crippen LogP) is 0.963. The molecular weight excluding hydrogens is 204 g/mol. The summed E-state index contributed by atoms with van der Waals surface area (Å²) in [4.78, 5) is 6.55. The minimum Gasteiger partial charge on any atom is -0.383 e. The van der Waals surface area contributed by atoms with Crippen molar-refractivity contribution in [1.82, 2.24) is 10.3 Å². The summed E-state index contributed by atoms with van der Waals surface area (Å²) >= 11 is 0. The summed E-state index contributed by atoms with van der Waals surface area (Å²) in [6.07, 6.45) is 2.15. The minimum absolute atomic E-state index is 0.455. The average molecular weight is 230 g/mol. The van der Waals surface area contributed by atoms with Gasteiger partial charge in [-0.2, -0.15) is 0 Å². The summed E-state index contributed by atoms with van der Waals surface area (Å²) < 4.78 is 5.12. The van der Waals surface area contributed by atoms with E-state index in [1.807, 2.05) is 6.92 Å². The first-order valence-electron chi connectivity index (χ1n) is 6.01. The number of hydrazine groups is 1. The fourth-order valence-corrected chi connectivity index (χ4v) is 1.75. The van der Waals surface area contributed by atoms with Crippen LogP contribution in [0.1, 0.15) is 33.6 Å². The van der Waals surface area contributed by atoms with Crippen LogP contribution in [0.5, 0.6) is 0 Å². The third kappa shape index (κ3) is 4.81. The number of aliphatic imine (C=N–C) groups is 1. The fraction of sp³-hybridized carbons (Fsp3) is 0.909. The summed E-state index contributed by atoms with van der Waals surface area (Å²) in [7, 11) is 1.71. The molecule has 0 aliphatic carbocycles. The largest absolute Gasteiger partial charge is 0.383 e. The second kappa shape index (κ2) is 9.42. The lowest BCUT2D eigenvalue weighted by Gasteiger charge is -2.32. The van der Waals surface area contributed by atoms with Crippen LogP contribution >= 0.6 is 0 Å². The van der Waals surface area contributed by atoms with Crippen LogP contribution in [-0.2, 0) is 4.74 Å². The summed E-state index contributed by atoms with van der Waals surface area (Å²) in [5.41, 5.74) is 2.68. The Morgan fingerprint density at radius 3 is 2.38 bits per heavy atom. The third-order valence-corrected chi connectivity index (χ3v) is 2.63. The standard InChI is InChI=1S/C11H26N4O/c1-5-10(6-2)15(8-9-16-4)11(14-12)13-7-3/h10H,5-9,12H2,1-4H3,(H,13,14). The molecule has 16 heavy (non-hydrogen) atoms. The Morgan fingerprint density at radius 1 is 1.38 bits per heavy atom. The number of rotatable bonds is 7. The zero-order chi connectivity index (χ0) is 12.4. The number of guanidine groups is 1. The lowest BCUT2D eigenvalue weighted by atomic mass is 10.1. The summed E-state index contributed by atoms with van der Waals surface area (Å²) in [5.74, 6) is 6.27. The highest BCUT2D eigenvalue weighted by molar-refractivity contribution is 5.79. The zero-order valence-corrected chi connectivity index (χ0v) is 11.0. The van der Waals surface area contributed by atoms with Crippen molar-refractivity contribution in [2.45, 2.75) is 39.7 Å². The zero-order valence-electron chi connectivity index (χ0n) is 11.0. The minimum atomic E-state index is 0.455. The van der Waals surface area contributed by atoms with E-state index in [1.165, 1.54) is 0 Å². The fourth-order valence-electron chi connectivity index (χ4n) is 1.75. The second-order valence-electron chi connectivity index (χ2n) is 3.60. The Balaban J connectivity index is 4.67. The molecule has 0 aliphatic rings. The van der Waals surface area contributed by atoms with Crippen LogP contribution in [0.25, 0.3) is 0 Å². The maximum absolute atomic E-state index is 5.52. The van der Waals surface area contributed by atoms with Gasteiger partial charge >= 0.3 is 0 Å². The maximum Gasteiger partial charge on any atom is 0.208 e. The number of nitrogens with zero attached hydrogens (tertiary/aromatic N) is 2. The molecule has 0 aromatic rings. The van der Waals surface area contributed by atoms with Gasteiger partial charge < -0.3 is 9.64 Å². The van der Waals surface area contributed by atoms with E-state index >= 15 is 0 Å². The quantitative estimate of drug-likeness (QED) is 0.296. The SMILES string of the molecule is CCN=C(NN)N(CCOC)C(CC)CC. The topological polar surface area (TPSA) is 62.9 Å². The molecule has 3 N–H and O–H groups in total. The Bertz CT molecular complexity index is 192. The molecule has 5 heteroatoms. The number of hydrogen-bond donors (Lipinski definition) is 2. The van der Waals surface area contributed by atoms with Gasteiger partial charge in [0.25, 0.3) is 0 Å². The van der Waals surface area contributed by atoms with Crippen LogP contribution in [0.15, 0.2) is 4.99 Å². The number of nitrogens with two attached hydrogens (primary N) is 1. The first kappa shape index (κ1) is 15.2. The predicted molar refractivity (Wildman–Crippen MR) is 68.3 cm³/mol. The molecule has 0 saturated carbocycles. The first-order valence-corrected chi connectivity index (χ1v) is 6.01. The van der Waals surface area contributed by atoms with Crippen molar-refractivity contribution in [1.29, 1.82) is 0 Å². The molecule has 0 radical (unpaired) electrons. The van der Waals surface area contributed by atoms with E-state index in [0.717, 1.165) is 31.9 Å². The molecule has 0 spiro atoms. The normalized spacial score (nSPS) is 12.0. The molecule has 0 saturated heterocycles.